The second-order valence-corrected chi connectivity index (χ2v) is 18.8. The Hall–Kier alpha value is -8.44. The molecule has 0 amide bonds. The van der Waals surface area contributed by atoms with E-state index in [1.807, 2.05) is 11.3 Å². The molecule has 3 aromatic heterocycles. The first-order valence-corrected chi connectivity index (χ1v) is 23.7. The molecule has 0 fully saturated rings. The monoisotopic (exact) mass is 869 g/mol. The lowest BCUT2D eigenvalue weighted by molar-refractivity contribution is 1.13. The van der Waals surface area contributed by atoms with Crippen LogP contribution in [0.25, 0.3) is 136 Å². The van der Waals surface area contributed by atoms with E-state index in [1.165, 1.54) is 74.2 Å². The summed E-state index contributed by atoms with van der Waals surface area (Å²) < 4.78 is 4.93. The Morgan fingerprint density at radius 2 is 0.925 bits per heavy atom. The van der Waals surface area contributed by atoms with Crippen LogP contribution in [0, 0.1) is 6.92 Å². The first-order valence-electron chi connectivity index (χ1n) is 22.9. The molecular weight excluding hydrogens is 831 g/mol. The van der Waals surface area contributed by atoms with Gasteiger partial charge in [0.25, 0.3) is 0 Å². The van der Waals surface area contributed by atoms with Gasteiger partial charge in [-0.15, -0.1) is 11.3 Å². The van der Waals surface area contributed by atoms with Gasteiger partial charge in [0.1, 0.15) is 0 Å². The molecule has 4 heteroatoms. The Balaban J connectivity index is 1.15. The van der Waals surface area contributed by atoms with Crippen LogP contribution in [0.15, 0.2) is 218 Å². The highest BCUT2D eigenvalue weighted by Gasteiger charge is 2.26. The van der Waals surface area contributed by atoms with Crippen molar-refractivity contribution in [3.8, 4) is 50.7 Å². The van der Waals surface area contributed by atoms with E-state index < -0.39 is 0 Å². The third-order valence-corrected chi connectivity index (χ3v) is 15.0. The predicted octanol–water partition coefficient (Wildman–Crippen LogP) is 17.5. The highest BCUT2D eigenvalue weighted by Crippen LogP contribution is 2.47. The van der Waals surface area contributed by atoms with E-state index in [4.69, 9.17) is 9.97 Å². The van der Waals surface area contributed by atoms with Gasteiger partial charge in [-0.1, -0.05) is 164 Å². The molecule has 0 radical (unpaired) electrons. The number of aromatic nitrogens is 3. The molecule has 0 aliphatic carbocycles. The minimum absolute atomic E-state index is 0.693. The third-order valence-electron chi connectivity index (χ3n) is 13.9. The van der Waals surface area contributed by atoms with Gasteiger partial charge in [0.15, 0.2) is 5.82 Å². The predicted molar refractivity (Wildman–Crippen MR) is 286 cm³/mol. The summed E-state index contributed by atoms with van der Waals surface area (Å²) in [4.78, 5) is 11.7. The quantitative estimate of drug-likeness (QED) is 0.161. The largest absolute Gasteiger partial charge is 0.308 e. The maximum atomic E-state index is 5.88. The van der Waals surface area contributed by atoms with Crippen molar-refractivity contribution >= 4 is 96.4 Å². The molecule has 0 aliphatic heterocycles. The Morgan fingerprint density at radius 3 is 1.64 bits per heavy atom. The van der Waals surface area contributed by atoms with E-state index in [-0.39, 0.29) is 0 Å². The van der Waals surface area contributed by atoms with Gasteiger partial charge in [0.2, 0.25) is 0 Å². The molecule has 0 spiro atoms. The molecule has 3 nitrogen and oxygen atoms in total. The number of nitrogens with zero attached hydrogens (tertiary/aromatic N) is 3. The van der Waals surface area contributed by atoms with Crippen LogP contribution in [0.4, 0.5) is 0 Å². The first-order chi connectivity index (χ1) is 33.1. The minimum atomic E-state index is 0.693. The van der Waals surface area contributed by atoms with Crippen molar-refractivity contribution in [2.45, 2.75) is 6.92 Å². The fraction of sp³-hybridized carbons (Fsp3) is 0.0159. The van der Waals surface area contributed by atoms with Gasteiger partial charge in [-0.2, -0.15) is 0 Å². The van der Waals surface area contributed by atoms with Gasteiger partial charge in [0.05, 0.1) is 33.7 Å². The Labute approximate surface area is 390 Å². The molecule has 0 atom stereocenters. The van der Waals surface area contributed by atoms with Crippen LogP contribution in [0.1, 0.15) is 5.56 Å². The summed E-state index contributed by atoms with van der Waals surface area (Å²) in [6.45, 7) is 2.21. The summed E-state index contributed by atoms with van der Waals surface area (Å²) in [5.41, 5.74) is 11.7. The van der Waals surface area contributed by atoms with Crippen LogP contribution < -0.4 is 0 Å². The van der Waals surface area contributed by atoms with Crippen molar-refractivity contribution in [1.82, 2.24) is 14.5 Å². The number of thiophene rings is 1. The second kappa shape index (κ2) is 14.8. The summed E-state index contributed by atoms with van der Waals surface area (Å²) in [5, 5.41) is 14.4. The molecule has 0 saturated heterocycles. The number of rotatable bonds is 5. The van der Waals surface area contributed by atoms with Gasteiger partial charge in [-0.3, -0.25) is 0 Å². The first kappa shape index (κ1) is 37.9. The number of hydrogen-bond acceptors (Lipinski definition) is 3. The summed E-state index contributed by atoms with van der Waals surface area (Å²) >= 11 is 1.83. The van der Waals surface area contributed by atoms with E-state index in [0.29, 0.717) is 5.82 Å². The Bertz CT molecular complexity index is 4260. The van der Waals surface area contributed by atoms with Crippen molar-refractivity contribution in [3.05, 3.63) is 224 Å². The van der Waals surface area contributed by atoms with E-state index in [9.17, 15) is 0 Å². The molecule has 14 rings (SSSR count). The van der Waals surface area contributed by atoms with E-state index in [2.05, 4.69) is 230 Å². The number of benzene rings is 11. The maximum Gasteiger partial charge on any atom is 0.163 e. The zero-order valence-electron chi connectivity index (χ0n) is 36.5. The zero-order chi connectivity index (χ0) is 44.2. The molecule has 67 heavy (non-hydrogen) atoms. The Kier molecular flexibility index (Phi) is 8.37. The zero-order valence-corrected chi connectivity index (χ0v) is 37.4. The standard InChI is InChI=1S/C63H39N3S/c1-38-61(46-24-15-23-40(32-46)39-16-3-2-4-17-39)64-63(65-62(38)53-35-45-22-9-10-25-47(45)48-26-11-12-27-49(48)53)60-54(30-31-58-59(60)50-28-13-14-29-57(50)67-58)66-55-36-43-20-7-5-18-41(43)33-51(55)52-34-42-19-6-8-21-44(42)37-56(52)66/h2-37H,1H3. The van der Waals surface area contributed by atoms with Crippen molar-refractivity contribution < 1.29 is 0 Å². The normalized spacial score (nSPS) is 12.0. The van der Waals surface area contributed by atoms with E-state index in [0.717, 1.165) is 61.3 Å². The summed E-state index contributed by atoms with van der Waals surface area (Å²) in [7, 11) is 0. The molecule has 0 bridgehead atoms. The average molecular weight is 870 g/mol. The topological polar surface area (TPSA) is 30.7 Å². The average Bonchev–Trinajstić information content (AvgIpc) is 3.91. The van der Waals surface area contributed by atoms with Crippen molar-refractivity contribution in [1.29, 1.82) is 0 Å². The smallest absolute Gasteiger partial charge is 0.163 e. The number of fused-ring (bicyclic) bond motifs is 11. The van der Waals surface area contributed by atoms with E-state index in [1.54, 1.807) is 0 Å². The van der Waals surface area contributed by atoms with Crippen LogP contribution in [-0.2, 0) is 0 Å². The highest BCUT2D eigenvalue weighted by molar-refractivity contribution is 7.26. The van der Waals surface area contributed by atoms with Crippen molar-refractivity contribution in [3.63, 3.8) is 0 Å². The van der Waals surface area contributed by atoms with Gasteiger partial charge in [-0.05, 0) is 116 Å². The van der Waals surface area contributed by atoms with Crippen LogP contribution in [0.2, 0.25) is 0 Å². The molecule has 3 heterocycles. The van der Waals surface area contributed by atoms with Crippen molar-refractivity contribution in [2.75, 3.05) is 0 Å². The van der Waals surface area contributed by atoms with Crippen molar-refractivity contribution in [2.24, 2.45) is 0 Å². The lowest BCUT2D eigenvalue weighted by atomic mass is 9.92. The lowest BCUT2D eigenvalue weighted by Gasteiger charge is -2.19. The molecule has 14 aromatic rings. The van der Waals surface area contributed by atoms with Crippen LogP contribution >= 0.6 is 11.3 Å². The third kappa shape index (κ3) is 5.90. The lowest BCUT2D eigenvalue weighted by Crippen LogP contribution is -2.04. The molecule has 11 aromatic carbocycles. The number of hydrogen-bond donors (Lipinski definition) is 0. The van der Waals surface area contributed by atoms with Gasteiger partial charge in [-0.25, -0.2) is 9.97 Å². The summed E-state index contributed by atoms with van der Waals surface area (Å²) in [6.07, 6.45) is 0. The molecule has 0 saturated carbocycles. The molecule has 0 unspecified atom stereocenters. The van der Waals surface area contributed by atoms with Crippen LogP contribution in [0.5, 0.6) is 0 Å². The minimum Gasteiger partial charge on any atom is -0.308 e. The molecule has 0 aliphatic rings. The van der Waals surface area contributed by atoms with Gasteiger partial charge >= 0.3 is 0 Å². The molecular formula is C63H39N3S. The van der Waals surface area contributed by atoms with Crippen LogP contribution in [-0.4, -0.2) is 14.5 Å². The fourth-order valence-electron chi connectivity index (χ4n) is 10.8. The Morgan fingerprint density at radius 1 is 0.373 bits per heavy atom. The summed E-state index contributed by atoms with van der Waals surface area (Å²) in [6, 6.07) is 79.7. The van der Waals surface area contributed by atoms with Gasteiger partial charge in [0, 0.05) is 47.6 Å². The van der Waals surface area contributed by atoms with Crippen LogP contribution in [0.3, 0.4) is 0 Å². The maximum absolute atomic E-state index is 5.88. The molecule has 312 valence electrons. The SMILES string of the molecule is Cc1c(-c2cccc(-c3ccccc3)c2)nc(-c2c(-n3c4cc5ccccc5cc4c4cc5ccccc5cc43)ccc3sc4ccccc4c23)nc1-c1cc2ccccc2c2ccccc12. The van der Waals surface area contributed by atoms with Gasteiger partial charge < -0.3 is 4.57 Å². The van der Waals surface area contributed by atoms with E-state index >= 15 is 0 Å². The fourth-order valence-corrected chi connectivity index (χ4v) is 11.9. The highest BCUT2D eigenvalue weighted by atomic mass is 32.1. The second-order valence-electron chi connectivity index (χ2n) is 17.7. The summed E-state index contributed by atoms with van der Waals surface area (Å²) in [5.74, 6) is 0.693. The molecule has 0 N–H and O–H groups in total.